The lowest BCUT2D eigenvalue weighted by Gasteiger charge is -2.20. The van der Waals surface area contributed by atoms with Gasteiger partial charge in [0.2, 0.25) is 0 Å². The van der Waals surface area contributed by atoms with E-state index in [2.05, 4.69) is 20.3 Å². The summed E-state index contributed by atoms with van der Waals surface area (Å²) in [6.07, 6.45) is 8.23. The second-order valence-electron chi connectivity index (χ2n) is 12.4. The van der Waals surface area contributed by atoms with Gasteiger partial charge in [-0.25, -0.2) is 13.6 Å². The van der Waals surface area contributed by atoms with Crippen molar-refractivity contribution < 1.29 is 22.9 Å². The summed E-state index contributed by atoms with van der Waals surface area (Å²) < 4.78 is 25.5. The summed E-state index contributed by atoms with van der Waals surface area (Å²) in [7, 11) is 2.24. The molecular formula is C30H36FN7O3Si+. The molecule has 1 N–H and O–H groups in total. The first kappa shape index (κ1) is 28.2. The number of fused-ring (bicyclic) bond motifs is 2. The Balaban J connectivity index is 1.19. The van der Waals surface area contributed by atoms with Crippen LogP contribution in [0.1, 0.15) is 56.1 Å². The third kappa shape index (κ3) is 5.85. The summed E-state index contributed by atoms with van der Waals surface area (Å²) in [4.78, 5) is 32.7. The summed E-state index contributed by atoms with van der Waals surface area (Å²) >= 11 is 0. The molecule has 1 radical (unpaired) electrons. The number of amides is 2. The third-order valence-electron chi connectivity index (χ3n) is 7.58. The maximum absolute atomic E-state index is 14.6. The lowest BCUT2D eigenvalue weighted by molar-refractivity contribution is -0.452. The first-order valence-electron chi connectivity index (χ1n) is 14.4. The molecule has 4 aromatic rings. The van der Waals surface area contributed by atoms with Gasteiger partial charge in [0, 0.05) is 74.8 Å². The Kier molecular flexibility index (Phi) is 7.20. The van der Waals surface area contributed by atoms with Crippen molar-refractivity contribution in [1.29, 1.82) is 0 Å². The van der Waals surface area contributed by atoms with Crippen LogP contribution in [0.15, 0.2) is 36.8 Å². The van der Waals surface area contributed by atoms with Gasteiger partial charge in [-0.05, 0) is 52.2 Å². The molecule has 0 bridgehead atoms. The molecule has 1 atom stereocenters. The molecule has 4 heterocycles. The third-order valence-corrected chi connectivity index (χ3v) is 9.22. The molecule has 2 amide bonds. The Labute approximate surface area is 246 Å². The second-order valence-corrected chi connectivity index (χ2v) is 13.6. The highest BCUT2D eigenvalue weighted by Gasteiger charge is 2.40. The predicted molar refractivity (Wildman–Crippen MR) is 159 cm³/mol. The van der Waals surface area contributed by atoms with Crippen molar-refractivity contribution in [2.75, 3.05) is 23.3 Å². The van der Waals surface area contributed by atoms with Crippen LogP contribution >= 0.6 is 0 Å². The highest BCUT2D eigenvalue weighted by molar-refractivity contribution is 6.19. The molecule has 1 unspecified atom stereocenters. The number of hydrogen-bond acceptors (Lipinski definition) is 6. The maximum atomic E-state index is 14.6. The predicted octanol–water partition coefficient (Wildman–Crippen LogP) is 5.16. The van der Waals surface area contributed by atoms with Gasteiger partial charge in [0.05, 0.1) is 16.9 Å². The molecule has 1 aliphatic heterocycles. The van der Waals surface area contributed by atoms with Gasteiger partial charge in [-0.15, -0.1) is 0 Å². The summed E-state index contributed by atoms with van der Waals surface area (Å²) in [5, 5.41) is 8.34. The largest absolute Gasteiger partial charge is 0.575 e. The second kappa shape index (κ2) is 10.7. The molecule has 219 valence electrons. The molecular weight excluding hydrogens is 553 g/mol. The number of benzene rings is 1. The highest BCUT2D eigenvalue weighted by Crippen LogP contribution is 2.34. The molecule has 2 aliphatic rings. The zero-order valence-corrected chi connectivity index (χ0v) is 25.6. The Hall–Kier alpha value is -3.93. The van der Waals surface area contributed by atoms with Crippen LogP contribution in [0, 0.1) is 18.7 Å². The van der Waals surface area contributed by atoms with E-state index in [1.165, 1.54) is 6.07 Å². The number of aromatic nitrogens is 4. The fourth-order valence-corrected chi connectivity index (χ4v) is 7.02. The van der Waals surface area contributed by atoms with Gasteiger partial charge in [-0.1, -0.05) is 0 Å². The first-order chi connectivity index (χ1) is 19.9. The van der Waals surface area contributed by atoms with E-state index in [-0.39, 0.29) is 17.6 Å². The van der Waals surface area contributed by atoms with Crippen LogP contribution in [0.3, 0.4) is 0 Å². The number of ether oxygens (including phenoxy) is 1. The van der Waals surface area contributed by atoms with Gasteiger partial charge in [-0.2, -0.15) is 9.89 Å². The van der Waals surface area contributed by atoms with Gasteiger partial charge in [0.1, 0.15) is 17.2 Å². The fraction of sp³-hybridized carbons (Fsp3) is 0.467. The number of nitrogens with zero attached hydrogens (tertiary/aromatic N) is 6. The van der Waals surface area contributed by atoms with Crippen LogP contribution in [0.4, 0.5) is 20.6 Å². The molecule has 2 fully saturated rings. The van der Waals surface area contributed by atoms with Crippen LogP contribution in [0.25, 0.3) is 16.6 Å². The quantitative estimate of drug-likeness (QED) is 0.312. The number of halogens is 1. The van der Waals surface area contributed by atoms with Crippen molar-refractivity contribution in [3.05, 3.63) is 53.9 Å². The van der Waals surface area contributed by atoms with E-state index >= 15 is 0 Å². The number of hydrogen-bond donors (Lipinski definition) is 1. The summed E-state index contributed by atoms with van der Waals surface area (Å²) in [5.41, 5.74) is 2.81. The van der Waals surface area contributed by atoms with Crippen molar-refractivity contribution in [3.63, 3.8) is 0 Å². The summed E-state index contributed by atoms with van der Waals surface area (Å²) in [6.45, 7) is 9.28. The standard InChI is InChI=1S/C30H36FN7O3Si/c1-18-13-37-15-20(12-24(31)27(37)32-18)33-28(39)22-8-9-25(23-16-35(5)34-26(22)23)36-11-10-19(14-36)17-42-38(21-6-7-21)29(40)41-30(2,3)4/h8-9,12-13,15-16,19,21H,6-7,10-11,14,17H2,1-5H3,(H,33,39)/q+1. The molecule has 1 aromatic carbocycles. The van der Waals surface area contributed by atoms with E-state index in [0.717, 1.165) is 49.5 Å². The molecule has 10 nitrogen and oxygen atoms in total. The molecule has 6 rings (SSSR count). The minimum Gasteiger partial charge on any atom is -0.408 e. The molecule has 1 saturated carbocycles. The number of anilines is 2. The SMILES string of the molecule is Cc1cn2cc(NC(=O)c3ccc(N4CCC(C[Si]=[N+](C(=O)OC(C)(C)C)C5CC5)C4)c4cn(C)nc34)cc(F)c2n1. The topological polar surface area (TPSA) is 96.8 Å². The Morgan fingerprint density at radius 3 is 2.71 bits per heavy atom. The molecule has 1 aliphatic carbocycles. The van der Waals surface area contributed by atoms with Crippen molar-refractivity contribution in [2.24, 2.45) is 13.0 Å². The van der Waals surface area contributed by atoms with E-state index < -0.39 is 11.4 Å². The highest BCUT2D eigenvalue weighted by atomic mass is 28.2. The molecule has 12 heteroatoms. The summed E-state index contributed by atoms with van der Waals surface area (Å²) in [5.74, 6) is -0.406. The zero-order valence-electron chi connectivity index (χ0n) is 24.6. The van der Waals surface area contributed by atoms with Gasteiger partial charge in [0.25, 0.3) is 5.91 Å². The Bertz CT molecular complexity index is 1730. The van der Waals surface area contributed by atoms with Gasteiger partial charge in [-0.3, -0.25) is 9.48 Å². The minimum atomic E-state index is -0.505. The van der Waals surface area contributed by atoms with Gasteiger partial charge >= 0.3 is 15.4 Å². The minimum absolute atomic E-state index is 0.202. The number of carbonyl (C=O) groups is 2. The fourth-order valence-electron chi connectivity index (χ4n) is 5.54. The van der Waals surface area contributed by atoms with E-state index in [4.69, 9.17) is 4.74 Å². The molecule has 42 heavy (non-hydrogen) atoms. The number of rotatable bonds is 6. The smallest absolute Gasteiger partial charge is 0.408 e. The Morgan fingerprint density at radius 2 is 1.98 bits per heavy atom. The van der Waals surface area contributed by atoms with E-state index in [1.54, 1.807) is 34.5 Å². The van der Waals surface area contributed by atoms with Crippen molar-refractivity contribution >= 4 is 49.2 Å². The van der Waals surface area contributed by atoms with Gasteiger partial charge in [0.15, 0.2) is 11.5 Å². The summed E-state index contributed by atoms with van der Waals surface area (Å²) in [6, 6.07) is 6.31. The lowest BCUT2D eigenvalue weighted by Crippen LogP contribution is -2.33. The maximum Gasteiger partial charge on any atom is 0.575 e. The number of imidazole rings is 1. The molecule has 0 spiro atoms. The van der Waals surface area contributed by atoms with E-state index in [0.29, 0.717) is 43.7 Å². The van der Waals surface area contributed by atoms with Crippen molar-refractivity contribution in [3.8, 4) is 0 Å². The zero-order chi connectivity index (χ0) is 29.8. The van der Waals surface area contributed by atoms with Crippen LogP contribution in [-0.4, -0.2) is 69.4 Å². The number of nitrogens with one attached hydrogen (secondary N) is 1. The van der Waals surface area contributed by atoms with E-state index in [9.17, 15) is 14.0 Å². The van der Waals surface area contributed by atoms with Crippen LogP contribution in [-0.2, 0) is 11.8 Å². The average Bonchev–Trinajstić information content (AvgIpc) is 3.29. The number of carbonyl (C=O) groups excluding carboxylic acids is 2. The van der Waals surface area contributed by atoms with Crippen LogP contribution < -0.4 is 10.2 Å². The van der Waals surface area contributed by atoms with Crippen LogP contribution in [0.2, 0.25) is 6.04 Å². The Morgan fingerprint density at radius 1 is 1.19 bits per heavy atom. The normalized spacial score (nSPS) is 17.8. The number of pyridine rings is 1. The lowest BCUT2D eigenvalue weighted by atomic mass is 10.1. The van der Waals surface area contributed by atoms with Crippen molar-refractivity contribution in [2.45, 2.75) is 64.6 Å². The van der Waals surface area contributed by atoms with Crippen LogP contribution in [0.5, 0.6) is 0 Å². The van der Waals surface area contributed by atoms with Gasteiger partial charge < -0.3 is 19.4 Å². The monoisotopic (exact) mass is 589 g/mol. The average molecular weight is 590 g/mol. The first-order valence-corrected chi connectivity index (χ1v) is 15.5. The number of aryl methyl sites for hydroxylation is 2. The molecule has 3 aromatic heterocycles. The molecule has 1 saturated heterocycles. The van der Waals surface area contributed by atoms with Crippen molar-refractivity contribution in [1.82, 2.24) is 19.2 Å². The van der Waals surface area contributed by atoms with E-state index in [1.807, 2.05) is 44.3 Å².